The molecule has 0 aliphatic heterocycles. The number of hydrogen-bond donors (Lipinski definition) is 0. The first-order valence-corrected chi connectivity index (χ1v) is 8.93. The van der Waals surface area contributed by atoms with Crippen molar-refractivity contribution in [3.05, 3.63) is 35.4 Å². The van der Waals surface area contributed by atoms with Crippen LogP contribution in [0.5, 0.6) is 0 Å². The second-order valence-corrected chi connectivity index (χ2v) is 7.21. The van der Waals surface area contributed by atoms with Crippen LogP contribution in [0.25, 0.3) is 0 Å². The van der Waals surface area contributed by atoms with Crippen LogP contribution in [0.2, 0.25) is 0 Å². The van der Waals surface area contributed by atoms with Gasteiger partial charge < -0.3 is 0 Å². The fraction of sp³-hybridized carbons (Fsp3) is 0.700. The van der Waals surface area contributed by atoms with E-state index in [0.717, 1.165) is 17.8 Å². The normalized spacial score (nSPS) is 26.6. The Morgan fingerprint density at radius 2 is 1.50 bits per heavy atom. The molecule has 0 spiro atoms. The third-order valence-corrected chi connectivity index (χ3v) is 5.86. The summed E-state index contributed by atoms with van der Waals surface area (Å²) in [5.41, 5.74) is 3.28. The van der Waals surface area contributed by atoms with E-state index >= 15 is 0 Å². The highest BCUT2D eigenvalue weighted by Gasteiger charge is 2.31. The number of unbranched alkanes of at least 4 members (excludes halogenated alkanes) is 2. The van der Waals surface area contributed by atoms with E-state index in [-0.39, 0.29) is 0 Å². The van der Waals surface area contributed by atoms with Crippen LogP contribution in [-0.4, -0.2) is 0 Å². The van der Waals surface area contributed by atoms with Gasteiger partial charge in [-0.1, -0.05) is 69.7 Å². The van der Waals surface area contributed by atoms with Crippen LogP contribution in [0.15, 0.2) is 24.3 Å². The maximum atomic E-state index is 2.35. The highest BCUT2D eigenvalue weighted by Crippen LogP contribution is 2.41. The van der Waals surface area contributed by atoms with Gasteiger partial charge in [0.1, 0.15) is 0 Å². The zero-order valence-corrected chi connectivity index (χ0v) is 13.1. The molecule has 0 amide bonds. The lowest BCUT2D eigenvalue weighted by Gasteiger charge is -2.32. The summed E-state index contributed by atoms with van der Waals surface area (Å²) >= 11 is 0. The Morgan fingerprint density at radius 1 is 0.850 bits per heavy atom. The van der Waals surface area contributed by atoms with Crippen molar-refractivity contribution in [1.29, 1.82) is 0 Å². The minimum absolute atomic E-state index is 0.962. The van der Waals surface area contributed by atoms with Gasteiger partial charge in [0.25, 0.3) is 0 Å². The molecule has 0 radical (unpaired) electrons. The predicted octanol–water partition coefficient (Wildman–Crippen LogP) is 5.79. The molecule has 1 aromatic rings. The molecule has 0 atom stereocenters. The Balaban J connectivity index is 1.46. The minimum atomic E-state index is 0.962. The van der Waals surface area contributed by atoms with Gasteiger partial charge in [0.05, 0.1) is 0 Å². The van der Waals surface area contributed by atoms with Gasteiger partial charge in [-0.15, -0.1) is 0 Å². The first-order chi connectivity index (χ1) is 9.86. The largest absolute Gasteiger partial charge is 0.0654 e. The van der Waals surface area contributed by atoms with E-state index in [9.17, 15) is 0 Å². The lowest BCUT2D eigenvalue weighted by Crippen LogP contribution is -2.22. The van der Waals surface area contributed by atoms with E-state index in [1.54, 1.807) is 11.1 Å². The molecule has 1 fully saturated rings. The molecule has 0 bridgehead atoms. The van der Waals surface area contributed by atoms with Gasteiger partial charge in [0.15, 0.2) is 0 Å². The molecular weight excluding hydrogens is 240 g/mol. The lowest BCUT2D eigenvalue weighted by atomic mass is 9.73. The first kappa shape index (κ1) is 14.2. The molecule has 0 heterocycles. The zero-order chi connectivity index (χ0) is 13.8. The molecule has 0 saturated heterocycles. The van der Waals surface area contributed by atoms with Crippen molar-refractivity contribution in [2.45, 2.75) is 71.1 Å². The molecule has 3 rings (SSSR count). The van der Waals surface area contributed by atoms with E-state index in [1.807, 2.05) is 0 Å². The molecule has 2 aliphatic rings. The maximum Gasteiger partial charge on any atom is -0.0242 e. The second-order valence-electron chi connectivity index (χ2n) is 7.21. The van der Waals surface area contributed by atoms with E-state index in [0.29, 0.717) is 0 Å². The fourth-order valence-electron chi connectivity index (χ4n) is 4.56. The van der Waals surface area contributed by atoms with E-state index in [4.69, 9.17) is 0 Å². The third-order valence-electron chi connectivity index (χ3n) is 5.86. The van der Waals surface area contributed by atoms with Crippen LogP contribution < -0.4 is 0 Å². The smallest absolute Gasteiger partial charge is 0.0242 e. The topological polar surface area (TPSA) is 0 Å². The number of benzene rings is 1. The predicted molar refractivity (Wildman–Crippen MR) is 86.9 cm³/mol. The average Bonchev–Trinajstić information content (AvgIpc) is 2.92. The lowest BCUT2D eigenvalue weighted by molar-refractivity contribution is 0.200. The average molecular weight is 270 g/mol. The molecule has 20 heavy (non-hydrogen) atoms. The molecular formula is C20H30. The molecule has 0 nitrogen and oxygen atoms in total. The van der Waals surface area contributed by atoms with Crippen molar-refractivity contribution in [3.63, 3.8) is 0 Å². The van der Waals surface area contributed by atoms with Crippen molar-refractivity contribution < 1.29 is 0 Å². The van der Waals surface area contributed by atoms with Crippen LogP contribution >= 0.6 is 0 Å². The van der Waals surface area contributed by atoms with Crippen molar-refractivity contribution in [2.24, 2.45) is 17.8 Å². The van der Waals surface area contributed by atoms with Crippen LogP contribution in [0.3, 0.4) is 0 Å². The van der Waals surface area contributed by atoms with Gasteiger partial charge in [0.2, 0.25) is 0 Å². The van der Waals surface area contributed by atoms with Crippen LogP contribution in [-0.2, 0) is 12.8 Å². The second kappa shape index (κ2) is 6.78. The van der Waals surface area contributed by atoms with Gasteiger partial charge in [-0.2, -0.15) is 0 Å². The number of fused-ring (bicyclic) bond motifs is 1. The van der Waals surface area contributed by atoms with Gasteiger partial charge in [-0.25, -0.2) is 0 Å². The summed E-state index contributed by atoms with van der Waals surface area (Å²) in [5.74, 6) is 3.04. The summed E-state index contributed by atoms with van der Waals surface area (Å²) in [4.78, 5) is 0. The molecule has 2 aliphatic carbocycles. The van der Waals surface area contributed by atoms with Crippen molar-refractivity contribution >= 4 is 0 Å². The Kier molecular flexibility index (Phi) is 4.81. The Morgan fingerprint density at radius 3 is 2.10 bits per heavy atom. The molecule has 0 aromatic heterocycles. The summed E-state index contributed by atoms with van der Waals surface area (Å²) in [7, 11) is 0. The van der Waals surface area contributed by atoms with E-state index < -0.39 is 0 Å². The third kappa shape index (κ3) is 3.27. The summed E-state index contributed by atoms with van der Waals surface area (Å²) in [5, 5.41) is 0. The Bertz CT molecular complexity index is 387. The highest BCUT2D eigenvalue weighted by atomic mass is 14.4. The molecule has 0 heteroatoms. The van der Waals surface area contributed by atoms with Crippen LogP contribution in [0.4, 0.5) is 0 Å². The van der Waals surface area contributed by atoms with Gasteiger partial charge >= 0.3 is 0 Å². The number of hydrogen-bond acceptors (Lipinski definition) is 0. The molecule has 1 saturated carbocycles. The fourth-order valence-corrected chi connectivity index (χ4v) is 4.56. The first-order valence-electron chi connectivity index (χ1n) is 8.93. The monoisotopic (exact) mass is 270 g/mol. The van der Waals surface area contributed by atoms with Gasteiger partial charge in [0, 0.05) is 0 Å². The van der Waals surface area contributed by atoms with Crippen molar-refractivity contribution in [1.82, 2.24) is 0 Å². The van der Waals surface area contributed by atoms with Gasteiger partial charge in [-0.05, 0) is 54.6 Å². The van der Waals surface area contributed by atoms with Crippen LogP contribution in [0.1, 0.15) is 69.4 Å². The standard InChI is InChI=1S/C20H30/c1-2-3-4-7-16-10-12-17(13-11-16)20-14-18-8-5-6-9-19(18)15-20/h5-6,8-9,16-17,20H,2-4,7,10-15H2,1H3. The van der Waals surface area contributed by atoms with E-state index in [1.165, 1.54) is 64.2 Å². The maximum absolute atomic E-state index is 2.35. The molecule has 1 aromatic carbocycles. The summed E-state index contributed by atoms with van der Waals surface area (Å²) in [6.45, 7) is 2.31. The van der Waals surface area contributed by atoms with E-state index in [2.05, 4.69) is 31.2 Å². The molecule has 110 valence electrons. The SMILES string of the molecule is CCCCCC1CCC(C2Cc3ccccc3C2)CC1. The Labute approximate surface area is 125 Å². The zero-order valence-electron chi connectivity index (χ0n) is 13.1. The molecule has 0 unspecified atom stereocenters. The van der Waals surface area contributed by atoms with Crippen LogP contribution in [0, 0.1) is 17.8 Å². The highest BCUT2D eigenvalue weighted by molar-refractivity contribution is 5.32. The minimum Gasteiger partial charge on any atom is -0.0654 e. The van der Waals surface area contributed by atoms with Crippen molar-refractivity contribution in [3.8, 4) is 0 Å². The molecule has 0 N–H and O–H groups in total. The quantitative estimate of drug-likeness (QED) is 0.594. The van der Waals surface area contributed by atoms with Crippen molar-refractivity contribution in [2.75, 3.05) is 0 Å². The van der Waals surface area contributed by atoms with Gasteiger partial charge in [-0.3, -0.25) is 0 Å². The summed E-state index contributed by atoms with van der Waals surface area (Å²) in [6.07, 6.45) is 14.6. The summed E-state index contributed by atoms with van der Waals surface area (Å²) in [6, 6.07) is 9.13. The Hall–Kier alpha value is -0.780. The summed E-state index contributed by atoms with van der Waals surface area (Å²) < 4.78 is 0. The number of rotatable bonds is 5.